The number of carbonyl (C=O) groups is 1. The molecule has 1 saturated carbocycles. The molecule has 5 heteroatoms. The fourth-order valence-electron chi connectivity index (χ4n) is 3.02. The predicted molar refractivity (Wildman–Crippen MR) is 101 cm³/mol. The molecule has 0 bridgehead atoms. The Hall–Kier alpha value is -1.59. The third-order valence-electron chi connectivity index (χ3n) is 4.93. The van der Waals surface area contributed by atoms with Crippen LogP contribution in [0.5, 0.6) is 5.75 Å². The number of amides is 1. The number of rotatable bonds is 11. The molecule has 1 aromatic carbocycles. The number of nitrogens with one attached hydrogen (secondary N) is 1. The fourth-order valence-corrected chi connectivity index (χ4v) is 3.02. The summed E-state index contributed by atoms with van der Waals surface area (Å²) in [4.78, 5) is 15.0. The molecule has 1 aliphatic rings. The summed E-state index contributed by atoms with van der Waals surface area (Å²) in [5.41, 5.74) is 0.0425. The predicted octanol–water partition coefficient (Wildman–Crippen LogP) is 3.55. The van der Waals surface area contributed by atoms with Gasteiger partial charge in [-0.1, -0.05) is 13.8 Å². The van der Waals surface area contributed by atoms with E-state index >= 15 is 0 Å². The highest BCUT2D eigenvalue weighted by Crippen LogP contribution is 2.42. The van der Waals surface area contributed by atoms with Gasteiger partial charge in [0.05, 0.1) is 0 Å². The van der Waals surface area contributed by atoms with Gasteiger partial charge in [0.2, 0.25) is 0 Å². The van der Waals surface area contributed by atoms with Gasteiger partial charge in [0, 0.05) is 18.8 Å². The van der Waals surface area contributed by atoms with Gasteiger partial charge < -0.3 is 19.7 Å². The highest BCUT2D eigenvalue weighted by molar-refractivity contribution is 5.97. The summed E-state index contributed by atoms with van der Waals surface area (Å²) >= 11 is 0. The van der Waals surface area contributed by atoms with Crippen LogP contribution in [0.25, 0.3) is 0 Å². The van der Waals surface area contributed by atoms with Crippen molar-refractivity contribution in [2.24, 2.45) is 5.92 Å². The van der Waals surface area contributed by atoms with E-state index in [1.165, 1.54) is 0 Å². The number of carbonyl (C=O) groups excluding carboxylic acids is 1. The van der Waals surface area contributed by atoms with Gasteiger partial charge in [-0.25, -0.2) is 0 Å². The van der Waals surface area contributed by atoms with Gasteiger partial charge in [0.15, 0.2) is 0 Å². The molecule has 1 unspecified atom stereocenters. The van der Waals surface area contributed by atoms with Crippen LogP contribution in [0.4, 0.5) is 5.69 Å². The van der Waals surface area contributed by atoms with Crippen molar-refractivity contribution >= 4 is 11.6 Å². The molecule has 0 saturated heterocycles. The van der Waals surface area contributed by atoms with Crippen molar-refractivity contribution in [1.82, 2.24) is 4.90 Å². The van der Waals surface area contributed by atoms with Crippen LogP contribution >= 0.6 is 0 Å². The molecule has 25 heavy (non-hydrogen) atoms. The summed E-state index contributed by atoms with van der Waals surface area (Å²) in [5.74, 6) is 1.09. The summed E-state index contributed by atoms with van der Waals surface area (Å²) < 4.78 is 11.5. The van der Waals surface area contributed by atoms with E-state index in [1.54, 1.807) is 0 Å². The Bertz CT molecular complexity index is 538. The number of hydrogen-bond acceptors (Lipinski definition) is 4. The van der Waals surface area contributed by atoms with Crippen molar-refractivity contribution in [1.29, 1.82) is 0 Å². The van der Waals surface area contributed by atoms with Gasteiger partial charge in [0.1, 0.15) is 18.0 Å². The number of likely N-dealkylation sites (N-methyl/N-ethyl adjacent to an activating group) is 1. The van der Waals surface area contributed by atoms with Crippen LogP contribution in [-0.2, 0) is 9.53 Å². The second-order valence-electron chi connectivity index (χ2n) is 6.67. The standard InChI is InChI=1S/C20H32N2O3/c1-5-22(6-2)14-15-24-18-12-10-17(11-13-18)21-19(23)20(4,25-7-3)16-8-9-16/h10-13,16H,5-9,14-15H2,1-4H3,(H,21,23). The first-order chi connectivity index (χ1) is 12.0. The van der Waals surface area contributed by atoms with Gasteiger partial charge in [-0.15, -0.1) is 0 Å². The molecule has 0 radical (unpaired) electrons. The second-order valence-corrected chi connectivity index (χ2v) is 6.67. The van der Waals surface area contributed by atoms with Crippen LogP contribution in [0.15, 0.2) is 24.3 Å². The zero-order chi connectivity index (χ0) is 18.3. The molecule has 1 atom stereocenters. The summed E-state index contributed by atoms with van der Waals surface area (Å²) in [6, 6.07) is 7.55. The topological polar surface area (TPSA) is 50.8 Å². The highest BCUT2D eigenvalue weighted by atomic mass is 16.5. The van der Waals surface area contributed by atoms with Crippen LogP contribution in [0.2, 0.25) is 0 Å². The van der Waals surface area contributed by atoms with Crippen molar-refractivity contribution in [2.45, 2.75) is 46.1 Å². The first-order valence-electron chi connectivity index (χ1n) is 9.44. The molecular weight excluding hydrogens is 316 g/mol. The van der Waals surface area contributed by atoms with Crippen LogP contribution in [0.1, 0.15) is 40.5 Å². The molecule has 2 rings (SSSR count). The molecule has 1 aliphatic carbocycles. The Kier molecular flexibility index (Phi) is 7.26. The number of anilines is 1. The molecule has 0 heterocycles. The first kappa shape index (κ1) is 19.7. The molecule has 1 N–H and O–H groups in total. The number of benzene rings is 1. The molecular formula is C20H32N2O3. The molecule has 1 fully saturated rings. The Morgan fingerprint density at radius 3 is 2.36 bits per heavy atom. The van der Waals surface area contributed by atoms with E-state index < -0.39 is 5.60 Å². The third-order valence-corrected chi connectivity index (χ3v) is 4.93. The van der Waals surface area contributed by atoms with E-state index in [2.05, 4.69) is 24.1 Å². The monoisotopic (exact) mass is 348 g/mol. The minimum Gasteiger partial charge on any atom is -0.492 e. The maximum atomic E-state index is 12.6. The van der Waals surface area contributed by atoms with Crippen LogP contribution in [-0.4, -0.2) is 49.3 Å². The zero-order valence-electron chi connectivity index (χ0n) is 16.0. The SMILES string of the molecule is CCOC(C)(C(=O)Nc1ccc(OCCN(CC)CC)cc1)C1CC1. The lowest BCUT2D eigenvalue weighted by Gasteiger charge is -2.28. The van der Waals surface area contributed by atoms with E-state index in [-0.39, 0.29) is 5.91 Å². The summed E-state index contributed by atoms with van der Waals surface area (Å²) in [7, 11) is 0. The van der Waals surface area contributed by atoms with Crippen molar-refractivity contribution in [3.8, 4) is 5.75 Å². The third kappa shape index (κ3) is 5.44. The Labute approximate surface area is 151 Å². The first-order valence-corrected chi connectivity index (χ1v) is 9.44. The minimum absolute atomic E-state index is 0.0629. The average Bonchev–Trinajstić information content (AvgIpc) is 3.46. The van der Waals surface area contributed by atoms with E-state index in [0.717, 1.165) is 43.9 Å². The smallest absolute Gasteiger partial charge is 0.256 e. The van der Waals surface area contributed by atoms with Gasteiger partial charge >= 0.3 is 0 Å². The van der Waals surface area contributed by atoms with Crippen LogP contribution < -0.4 is 10.1 Å². The van der Waals surface area contributed by atoms with Gasteiger partial charge in [-0.3, -0.25) is 4.79 Å². The lowest BCUT2D eigenvalue weighted by molar-refractivity contribution is -0.141. The van der Waals surface area contributed by atoms with Gasteiger partial charge in [0.25, 0.3) is 5.91 Å². The molecule has 5 nitrogen and oxygen atoms in total. The average molecular weight is 348 g/mol. The normalized spacial score (nSPS) is 16.5. The summed E-state index contributed by atoms with van der Waals surface area (Å²) in [5, 5.41) is 2.98. The second kappa shape index (κ2) is 9.20. The molecule has 0 aromatic heterocycles. The highest BCUT2D eigenvalue weighted by Gasteiger charge is 2.48. The molecule has 0 spiro atoms. The lowest BCUT2D eigenvalue weighted by atomic mass is 9.99. The van der Waals surface area contributed by atoms with E-state index in [4.69, 9.17) is 9.47 Å². The minimum atomic E-state index is -0.728. The van der Waals surface area contributed by atoms with E-state index in [1.807, 2.05) is 38.1 Å². The van der Waals surface area contributed by atoms with Gasteiger partial charge in [-0.05, 0) is 70.0 Å². The maximum Gasteiger partial charge on any atom is 0.256 e. The number of hydrogen-bond donors (Lipinski definition) is 1. The largest absolute Gasteiger partial charge is 0.492 e. The summed E-state index contributed by atoms with van der Waals surface area (Å²) in [6.45, 7) is 12.3. The Balaban J connectivity index is 1.86. The quantitative estimate of drug-likeness (QED) is 0.664. The van der Waals surface area contributed by atoms with Crippen molar-refractivity contribution in [2.75, 3.05) is 38.2 Å². The van der Waals surface area contributed by atoms with Crippen LogP contribution in [0.3, 0.4) is 0 Å². The summed E-state index contributed by atoms with van der Waals surface area (Å²) in [6.07, 6.45) is 2.12. The van der Waals surface area contributed by atoms with Gasteiger partial charge in [-0.2, -0.15) is 0 Å². The molecule has 1 amide bonds. The van der Waals surface area contributed by atoms with Crippen molar-refractivity contribution in [3.05, 3.63) is 24.3 Å². The Morgan fingerprint density at radius 2 is 1.84 bits per heavy atom. The Morgan fingerprint density at radius 1 is 1.20 bits per heavy atom. The fraction of sp³-hybridized carbons (Fsp3) is 0.650. The van der Waals surface area contributed by atoms with Crippen LogP contribution in [0, 0.1) is 5.92 Å². The number of nitrogens with zero attached hydrogens (tertiary/aromatic N) is 1. The zero-order valence-corrected chi connectivity index (χ0v) is 16.0. The van der Waals surface area contributed by atoms with E-state index in [0.29, 0.717) is 19.1 Å². The number of ether oxygens (including phenoxy) is 2. The molecule has 140 valence electrons. The molecule has 1 aromatic rings. The maximum absolute atomic E-state index is 12.6. The molecule has 0 aliphatic heterocycles. The lowest BCUT2D eigenvalue weighted by Crippen LogP contribution is -2.44. The van der Waals surface area contributed by atoms with Crippen molar-refractivity contribution in [3.63, 3.8) is 0 Å². The van der Waals surface area contributed by atoms with E-state index in [9.17, 15) is 4.79 Å². The van der Waals surface area contributed by atoms with Crippen molar-refractivity contribution < 1.29 is 14.3 Å².